The molecule has 4 rings (SSSR count). The van der Waals surface area contributed by atoms with Crippen LogP contribution in [0.15, 0.2) is 48.5 Å². The molecule has 0 saturated carbocycles. The van der Waals surface area contributed by atoms with Crippen molar-refractivity contribution in [2.75, 3.05) is 26.3 Å². The van der Waals surface area contributed by atoms with Crippen molar-refractivity contribution in [1.82, 2.24) is 9.80 Å². The highest BCUT2D eigenvalue weighted by Gasteiger charge is 2.51. The van der Waals surface area contributed by atoms with Crippen LogP contribution in [-0.2, 0) is 25.7 Å². The molecular weight excluding hydrogens is 480 g/mol. The summed E-state index contributed by atoms with van der Waals surface area (Å²) in [5.41, 5.74) is 1.07. The zero-order valence-corrected chi connectivity index (χ0v) is 21.6. The third-order valence-corrected chi connectivity index (χ3v) is 7.34. The van der Waals surface area contributed by atoms with Crippen molar-refractivity contribution in [3.63, 3.8) is 0 Å². The SMILES string of the molecule is CCOC(=O)CCCN(Cc1ccc(Cl)cc1)C(=O)C1(C)CCN1C(=O)CC1COc2ccccc21. The molecular formula is C28H33ClN2O5. The Balaban J connectivity index is 1.45. The third kappa shape index (κ3) is 5.67. The number of halogens is 1. The quantitative estimate of drug-likeness (QED) is 0.436. The maximum Gasteiger partial charge on any atom is 0.305 e. The number of carbonyl (C=O) groups is 3. The number of carbonyl (C=O) groups excluding carboxylic acids is 3. The van der Waals surface area contributed by atoms with E-state index in [1.165, 1.54) is 0 Å². The van der Waals surface area contributed by atoms with E-state index in [9.17, 15) is 14.4 Å². The summed E-state index contributed by atoms with van der Waals surface area (Å²) in [6.45, 7) is 5.73. The lowest BCUT2D eigenvalue weighted by molar-refractivity contribution is -0.164. The number of amides is 2. The van der Waals surface area contributed by atoms with Crippen LogP contribution in [0.2, 0.25) is 5.02 Å². The normalized spacial score (nSPS) is 20.2. The lowest BCUT2D eigenvalue weighted by Gasteiger charge is -2.51. The van der Waals surface area contributed by atoms with Gasteiger partial charge < -0.3 is 19.3 Å². The van der Waals surface area contributed by atoms with Gasteiger partial charge in [-0.3, -0.25) is 14.4 Å². The summed E-state index contributed by atoms with van der Waals surface area (Å²) in [4.78, 5) is 42.5. The number of ether oxygens (including phenoxy) is 2. The van der Waals surface area contributed by atoms with Crippen molar-refractivity contribution in [3.8, 4) is 5.75 Å². The highest BCUT2D eigenvalue weighted by Crippen LogP contribution is 2.39. The number of esters is 1. The molecule has 8 heteroatoms. The minimum Gasteiger partial charge on any atom is -0.493 e. The zero-order valence-electron chi connectivity index (χ0n) is 20.9. The fourth-order valence-electron chi connectivity index (χ4n) is 4.95. The van der Waals surface area contributed by atoms with E-state index in [0.717, 1.165) is 16.9 Å². The Morgan fingerprint density at radius 2 is 1.92 bits per heavy atom. The number of benzene rings is 2. The number of hydrogen-bond donors (Lipinski definition) is 0. The highest BCUT2D eigenvalue weighted by molar-refractivity contribution is 6.30. The number of hydrogen-bond acceptors (Lipinski definition) is 5. The molecule has 2 aliphatic heterocycles. The van der Waals surface area contributed by atoms with Crippen molar-refractivity contribution >= 4 is 29.4 Å². The molecule has 2 aromatic rings. The summed E-state index contributed by atoms with van der Waals surface area (Å²) in [5.74, 6) is 0.392. The minimum absolute atomic E-state index is 0.0107. The number of fused-ring (bicyclic) bond motifs is 1. The molecule has 0 spiro atoms. The van der Waals surface area contributed by atoms with E-state index in [2.05, 4.69) is 0 Å². The van der Waals surface area contributed by atoms with Crippen molar-refractivity contribution in [3.05, 3.63) is 64.7 Å². The van der Waals surface area contributed by atoms with Crippen LogP contribution >= 0.6 is 11.6 Å². The fourth-order valence-corrected chi connectivity index (χ4v) is 5.08. The molecule has 1 saturated heterocycles. The molecule has 2 atom stereocenters. The molecule has 0 radical (unpaired) electrons. The molecule has 0 aliphatic carbocycles. The fraction of sp³-hybridized carbons (Fsp3) is 0.464. The number of rotatable bonds is 10. The van der Waals surface area contributed by atoms with E-state index in [0.29, 0.717) is 57.1 Å². The molecule has 0 bridgehead atoms. The predicted octanol–water partition coefficient (Wildman–Crippen LogP) is 4.57. The average molecular weight is 513 g/mol. The first-order valence-corrected chi connectivity index (χ1v) is 12.9. The highest BCUT2D eigenvalue weighted by atomic mass is 35.5. The second-order valence-corrected chi connectivity index (χ2v) is 10.0. The van der Waals surface area contributed by atoms with Gasteiger partial charge in [0.05, 0.1) is 13.2 Å². The van der Waals surface area contributed by atoms with Crippen LogP contribution in [0.5, 0.6) is 5.75 Å². The molecule has 36 heavy (non-hydrogen) atoms. The summed E-state index contributed by atoms with van der Waals surface area (Å²) in [7, 11) is 0. The molecule has 2 aromatic carbocycles. The maximum absolute atomic E-state index is 13.8. The Kier molecular flexibility index (Phi) is 8.19. The van der Waals surface area contributed by atoms with Gasteiger partial charge in [0, 0.05) is 49.0 Å². The van der Waals surface area contributed by atoms with Crippen molar-refractivity contribution in [2.24, 2.45) is 0 Å². The van der Waals surface area contributed by atoms with Crippen molar-refractivity contribution in [2.45, 2.75) is 57.5 Å². The van der Waals surface area contributed by atoms with Crippen LogP contribution in [0.3, 0.4) is 0 Å². The summed E-state index contributed by atoms with van der Waals surface area (Å²) in [6, 6.07) is 15.1. The van der Waals surface area contributed by atoms with Crippen LogP contribution in [0.1, 0.15) is 56.6 Å². The van der Waals surface area contributed by atoms with E-state index in [-0.39, 0.29) is 30.1 Å². The zero-order chi connectivity index (χ0) is 25.7. The second kappa shape index (κ2) is 11.3. The van der Waals surface area contributed by atoms with Crippen molar-refractivity contribution in [1.29, 1.82) is 0 Å². The summed E-state index contributed by atoms with van der Waals surface area (Å²) in [6.07, 6.45) is 1.63. The smallest absolute Gasteiger partial charge is 0.305 e. The van der Waals surface area contributed by atoms with Gasteiger partial charge in [0.1, 0.15) is 11.3 Å². The third-order valence-electron chi connectivity index (χ3n) is 7.09. The number of para-hydroxylation sites is 1. The Bertz CT molecular complexity index is 1110. The van der Waals surface area contributed by atoms with Crippen LogP contribution in [-0.4, -0.2) is 59.4 Å². The topological polar surface area (TPSA) is 76.2 Å². The number of nitrogens with zero attached hydrogens (tertiary/aromatic N) is 2. The molecule has 0 aromatic heterocycles. The predicted molar refractivity (Wildman–Crippen MR) is 137 cm³/mol. The van der Waals surface area contributed by atoms with E-state index >= 15 is 0 Å². The van der Waals surface area contributed by atoms with Gasteiger partial charge in [0.25, 0.3) is 0 Å². The van der Waals surface area contributed by atoms with Gasteiger partial charge in [-0.05, 0) is 50.5 Å². The minimum atomic E-state index is -0.910. The molecule has 192 valence electrons. The van der Waals surface area contributed by atoms with Gasteiger partial charge in [-0.2, -0.15) is 0 Å². The second-order valence-electron chi connectivity index (χ2n) is 9.58. The van der Waals surface area contributed by atoms with Crippen molar-refractivity contribution < 1.29 is 23.9 Å². The molecule has 7 nitrogen and oxygen atoms in total. The van der Waals surface area contributed by atoms with Gasteiger partial charge in [-0.25, -0.2) is 0 Å². The van der Waals surface area contributed by atoms with Gasteiger partial charge in [-0.1, -0.05) is 41.9 Å². The van der Waals surface area contributed by atoms with E-state index < -0.39 is 5.54 Å². The summed E-state index contributed by atoms with van der Waals surface area (Å²) < 4.78 is 10.8. The summed E-state index contributed by atoms with van der Waals surface area (Å²) >= 11 is 6.03. The largest absolute Gasteiger partial charge is 0.493 e. The lowest BCUT2D eigenvalue weighted by atomic mass is 9.83. The van der Waals surface area contributed by atoms with E-state index in [1.807, 2.05) is 43.3 Å². The molecule has 2 amide bonds. The van der Waals surface area contributed by atoms with Crippen LogP contribution in [0, 0.1) is 0 Å². The molecule has 1 fully saturated rings. The van der Waals surface area contributed by atoms with E-state index in [4.69, 9.17) is 21.1 Å². The lowest BCUT2D eigenvalue weighted by Crippen LogP contribution is -2.67. The monoisotopic (exact) mass is 512 g/mol. The van der Waals surface area contributed by atoms with Crippen LogP contribution in [0.4, 0.5) is 0 Å². The van der Waals surface area contributed by atoms with Gasteiger partial charge in [-0.15, -0.1) is 0 Å². The molecule has 2 heterocycles. The molecule has 0 N–H and O–H groups in total. The molecule has 2 aliphatic rings. The Morgan fingerprint density at radius 3 is 2.61 bits per heavy atom. The van der Waals surface area contributed by atoms with E-state index in [1.54, 1.807) is 28.9 Å². The first-order chi connectivity index (χ1) is 17.3. The molecule has 2 unspecified atom stereocenters. The maximum atomic E-state index is 13.8. The average Bonchev–Trinajstić information content (AvgIpc) is 3.26. The number of likely N-dealkylation sites (tertiary alicyclic amines) is 1. The van der Waals surface area contributed by atoms with Crippen LogP contribution in [0.25, 0.3) is 0 Å². The summed E-state index contributed by atoms with van der Waals surface area (Å²) in [5, 5.41) is 0.624. The Morgan fingerprint density at radius 1 is 1.17 bits per heavy atom. The van der Waals surface area contributed by atoms with Gasteiger partial charge >= 0.3 is 5.97 Å². The van der Waals surface area contributed by atoms with Crippen LogP contribution < -0.4 is 4.74 Å². The first kappa shape index (κ1) is 26.0. The van der Waals surface area contributed by atoms with Gasteiger partial charge in [0.15, 0.2) is 0 Å². The Labute approximate surface area is 217 Å². The first-order valence-electron chi connectivity index (χ1n) is 12.5. The van der Waals surface area contributed by atoms with Gasteiger partial charge in [0.2, 0.25) is 11.8 Å². The standard InChI is InChI=1S/C28H33ClN2O5/c1-3-35-26(33)9-6-15-30(18-20-10-12-22(29)13-11-20)27(34)28(2)14-16-31(28)25(32)17-21-19-36-24-8-5-4-7-23(21)24/h4-5,7-8,10-13,21H,3,6,9,14-19H2,1-2H3. The Hall–Kier alpha value is -3.06.